The third-order valence-corrected chi connectivity index (χ3v) is 5.71. The lowest BCUT2D eigenvalue weighted by Gasteiger charge is -2.57. The molecule has 2 aliphatic carbocycles. The Morgan fingerprint density at radius 3 is 2.80 bits per heavy atom. The summed E-state index contributed by atoms with van der Waals surface area (Å²) in [6.45, 7) is 2.82. The van der Waals surface area contributed by atoms with Gasteiger partial charge in [-0.1, -0.05) is 12.8 Å². The maximum Gasteiger partial charge on any atom is 0.242 e. The van der Waals surface area contributed by atoms with Gasteiger partial charge in [-0.25, -0.2) is 9.67 Å². The standard InChI is InChI=1S/C17H27N5O3/c1-3-25-14-8-13(17(14)6-4-5-7-17)21(2)16(24)9-19-15(23)10-22-12-18-11-20-22/h11-14H,3-10H2,1-2H3,(H,19,23)/t13-,14+/m0/s1. The third kappa shape index (κ3) is 3.53. The minimum atomic E-state index is -0.247. The molecule has 0 saturated heterocycles. The molecule has 2 fully saturated rings. The average Bonchev–Trinajstić information content (AvgIpc) is 3.28. The van der Waals surface area contributed by atoms with Gasteiger partial charge in [0.05, 0.1) is 12.6 Å². The van der Waals surface area contributed by atoms with Crippen LogP contribution in [0, 0.1) is 5.41 Å². The van der Waals surface area contributed by atoms with Crippen LogP contribution < -0.4 is 5.32 Å². The summed E-state index contributed by atoms with van der Waals surface area (Å²) in [5, 5.41) is 6.55. The van der Waals surface area contributed by atoms with Crippen molar-refractivity contribution in [2.24, 2.45) is 5.41 Å². The number of hydrogen-bond donors (Lipinski definition) is 1. The predicted octanol–water partition coefficient (Wildman–Crippen LogP) is 0.591. The molecule has 3 rings (SSSR count). The molecule has 0 aliphatic heterocycles. The van der Waals surface area contributed by atoms with Gasteiger partial charge in [-0.05, 0) is 26.2 Å². The third-order valence-electron chi connectivity index (χ3n) is 5.71. The highest BCUT2D eigenvalue weighted by atomic mass is 16.5. The first-order chi connectivity index (χ1) is 12.1. The van der Waals surface area contributed by atoms with Crippen molar-refractivity contribution in [3.8, 4) is 0 Å². The average molecular weight is 349 g/mol. The van der Waals surface area contributed by atoms with Crippen molar-refractivity contribution in [1.82, 2.24) is 25.0 Å². The molecule has 0 unspecified atom stereocenters. The largest absolute Gasteiger partial charge is 0.378 e. The van der Waals surface area contributed by atoms with Gasteiger partial charge in [0.1, 0.15) is 19.2 Å². The molecular weight excluding hydrogens is 322 g/mol. The lowest BCUT2D eigenvalue weighted by Crippen LogP contribution is -2.64. The van der Waals surface area contributed by atoms with Gasteiger partial charge in [0.25, 0.3) is 0 Å². The Morgan fingerprint density at radius 2 is 2.16 bits per heavy atom. The zero-order valence-electron chi connectivity index (χ0n) is 15.0. The lowest BCUT2D eigenvalue weighted by atomic mass is 9.60. The molecule has 0 radical (unpaired) electrons. The maximum atomic E-state index is 12.5. The second-order valence-electron chi connectivity index (χ2n) is 7.01. The van der Waals surface area contributed by atoms with Gasteiger partial charge >= 0.3 is 0 Å². The predicted molar refractivity (Wildman–Crippen MR) is 90.5 cm³/mol. The number of carbonyl (C=O) groups excluding carboxylic acids is 2. The van der Waals surface area contributed by atoms with Crippen molar-refractivity contribution >= 4 is 11.8 Å². The Morgan fingerprint density at radius 1 is 1.40 bits per heavy atom. The molecular formula is C17H27N5O3. The highest BCUT2D eigenvalue weighted by Crippen LogP contribution is 2.56. The van der Waals surface area contributed by atoms with Crippen LogP contribution in [-0.2, 0) is 20.9 Å². The molecule has 1 aromatic heterocycles. The first-order valence-electron chi connectivity index (χ1n) is 9.03. The monoisotopic (exact) mass is 349 g/mol. The summed E-state index contributed by atoms with van der Waals surface area (Å²) in [5.74, 6) is -0.304. The summed E-state index contributed by atoms with van der Waals surface area (Å²) in [7, 11) is 1.85. The van der Waals surface area contributed by atoms with E-state index in [0.29, 0.717) is 0 Å². The number of likely N-dealkylation sites (N-methyl/N-ethyl adjacent to an activating group) is 1. The highest BCUT2D eigenvalue weighted by molar-refractivity contribution is 5.84. The normalized spacial score (nSPS) is 24.1. The van der Waals surface area contributed by atoms with Crippen molar-refractivity contribution in [2.45, 2.75) is 57.7 Å². The molecule has 1 aromatic rings. The fourth-order valence-electron chi connectivity index (χ4n) is 4.38. The molecule has 138 valence electrons. The number of rotatable bonds is 7. The van der Waals surface area contributed by atoms with Crippen LogP contribution >= 0.6 is 0 Å². The fraction of sp³-hybridized carbons (Fsp3) is 0.765. The van der Waals surface area contributed by atoms with E-state index in [1.165, 1.54) is 30.2 Å². The summed E-state index contributed by atoms with van der Waals surface area (Å²) < 4.78 is 7.34. The number of aromatic nitrogens is 3. The van der Waals surface area contributed by atoms with E-state index in [9.17, 15) is 9.59 Å². The maximum absolute atomic E-state index is 12.5. The Balaban J connectivity index is 1.51. The van der Waals surface area contributed by atoms with Crippen LogP contribution in [0.15, 0.2) is 12.7 Å². The molecule has 1 N–H and O–H groups in total. The molecule has 2 amide bonds. The zero-order valence-corrected chi connectivity index (χ0v) is 15.0. The smallest absolute Gasteiger partial charge is 0.242 e. The van der Waals surface area contributed by atoms with Crippen molar-refractivity contribution in [2.75, 3.05) is 20.2 Å². The van der Waals surface area contributed by atoms with Gasteiger partial charge < -0.3 is 15.0 Å². The van der Waals surface area contributed by atoms with Gasteiger partial charge in [-0.15, -0.1) is 0 Å². The minimum absolute atomic E-state index is 0.00983. The van der Waals surface area contributed by atoms with Crippen molar-refractivity contribution in [3.63, 3.8) is 0 Å². The van der Waals surface area contributed by atoms with Crippen LogP contribution in [0.25, 0.3) is 0 Å². The van der Waals surface area contributed by atoms with Crippen molar-refractivity contribution in [3.05, 3.63) is 12.7 Å². The molecule has 1 spiro atoms. The van der Waals surface area contributed by atoms with Crippen LogP contribution in [0.5, 0.6) is 0 Å². The van der Waals surface area contributed by atoms with E-state index in [0.717, 1.165) is 25.9 Å². The zero-order chi connectivity index (χ0) is 17.9. The fourth-order valence-corrected chi connectivity index (χ4v) is 4.38. The first kappa shape index (κ1) is 17.8. The van der Waals surface area contributed by atoms with E-state index in [1.807, 2.05) is 18.9 Å². The molecule has 25 heavy (non-hydrogen) atoms. The van der Waals surface area contributed by atoms with E-state index >= 15 is 0 Å². The Labute approximate surface area is 147 Å². The van der Waals surface area contributed by atoms with Crippen LogP contribution in [0.1, 0.15) is 39.0 Å². The van der Waals surface area contributed by atoms with Gasteiger partial charge in [-0.3, -0.25) is 9.59 Å². The molecule has 2 saturated carbocycles. The van der Waals surface area contributed by atoms with Gasteiger partial charge in [0, 0.05) is 25.1 Å². The van der Waals surface area contributed by atoms with Crippen LogP contribution in [-0.4, -0.2) is 63.8 Å². The number of hydrogen-bond acceptors (Lipinski definition) is 5. The molecule has 8 nitrogen and oxygen atoms in total. The van der Waals surface area contributed by atoms with Gasteiger partial charge in [0.2, 0.25) is 11.8 Å². The van der Waals surface area contributed by atoms with Gasteiger partial charge in [0.15, 0.2) is 0 Å². The Hall–Kier alpha value is -1.96. The van der Waals surface area contributed by atoms with E-state index in [2.05, 4.69) is 15.4 Å². The number of nitrogens with one attached hydrogen (secondary N) is 1. The number of ether oxygens (including phenoxy) is 1. The second kappa shape index (κ2) is 7.51. The molecule has 2 aliphatic rings. The molecule has 0 bridgehead atoms. The topological polar surface area (TPSA) is 89.4 Å². The van der Waals surface area contributed by atoms with Gasteiger partial charge in [-0.2, -0.15) is 5.10 Å². The summed E-state index contributed by atoms with van der Waals surface area (Å²) in [4.78, 5) is 30.0. The van der Waals surface area contributed by atoms with Crippen LogP contribution in [0.3, 0.4) is 0 Å². The van der Waals surface area contributed by atoms with E-state index in [-0.39, 0.29) is 42.5 Å². The quantitative estimate of drug-likeness (QED) is 0.778. The Bertz CT molecular complexity index is 597. The number of nitrogens with zero attached hydrogens (tertiary/aromatic N) is 4. The SMILES string of the molecule is CCO[C@@H]1C[C@H](N(C)C(=O)CNC(=O)Cn2cncn2)C12CCCC2. The van der Waals surface area contributed by atoms with Crippen LogP contribution in [0.2, 0.25) is 0 Å². The minimum Gasteiger partial charge on any atom is -0.378 e. The molecule has 0 aromatic carbocycles. The number of carbonyl (C=O) groups is 2. The van der Waals surface area contributed by atoms with E-state index in [1.54, 1.807) is 0 Å². The summed E-state index contributed by atoms with van der Waals surface area (Å²) in [6.07, 6.45) is 8.66. The van der Waals surface area contributed by atoms with E-state index < -0.39 is 0 Å². The molecule has 2 atom stereocenters. The Kier molecular flexibility index (Phi) is 5.36. The lowest BCUT2D eigenvalue weighted by molar-refractivity contribution is -0.172. The molecule has 1 heterocycles. The summed E-state index contributed by atoms with van der Waals surface area (Å²) >= 11 is 0. The molecule has 8 heteroatoms. The number of amides is 2. The van der Waals surface area contributed by atoms with Crippen molar-refractivity contribution in [1.29, 1.82) is 0 Å². The summed E-state index contributed by atoms with van der Waals surface area (Å²) in [6, 6.07) is 0.214. The van der Waals surface area contributed by atoms with Crippen molar-refractivity contribution < 1.29 is 14.3 Å². The first-order valence-corrected chi connectivity index (χ1v) is 9.03. The second-order valence-corrected chi connectivity index (χ2v) is 7.01. The van der Waals surface area contributed by atoms with Crippen LogP contribution in [0.4, 0.5) is 0 Å². The highest BCUT2D eigenvalue weighted by Gasteiger charge is 2.58. The summed E-state index contributed by atoms with van der Waals surface area (Å²) in [5.41, 5.74) is 0.116. The van der Waals surface area contributed by atoms with E-state index in [4.69, 9.17) is 4.74 Å².